The van der Waals surface area contributed by atoms with Crippen molar-refractivity contribution in [3.8, 4) is 5.75 Å². The van der Waals surface area contributed by atoms with Crippen LogP contribution in [-0.4, -0.2) is 27.8 Å². The molecule has 1 heterocycles. The molecule has 178 valence electrons. The van der Waals surface area contributed by atoms with E-state index >= 15 is 0 Å². The van der Waals surface area contributed by atoms with Gasteiger partial charge in [0, 0.05) is 19.2 Å². The Hall–Kier alpha value is -4.39. The number of ether oxygens (including phenoxy) is 1. The van der Waals surface area contributed by atoms with Crippen LogP contribution in [0.3, 0.4) is 0 Å². The highest BCUT2D eigenvalue weighted by molar-refractivity contribution is 5.94. The monoisotopic (exact) mass is 467 g/mol. The minimum Gasteiger partial charge on any atom is -0.497 e. The summed E-state index contributed by atoms with van der Waals surface area (Å²) in [6, 6.07) is 23.9. The number of aryl methyl sites for hydroxylation is 2. The van der Waals surface area contributed by atoms with Crippen LogP contribution in [0, 0.1) is 13.8 Å². The third-order valence-electron chi connectivity index (χ3n) is 5.49. The summed E-state index contributed by atoms with van der Waals surface area (Å²) >= 11 is 0. The lowest BCUT2D eigenvalue weighted by molar-refractivity contribution is 0.0957. The van der Waals surface area contributed by atoms with Crippen molar-refractivity contribution in [3.05, 3.63) is 107 Å². The number of nitrogens with zero attached hydrogens (tertiary/aromatic N) is 3. The summed E-state index contributed by atoms with van der Waals surface area (Å²) in [5.74, 6) is 1.21. The number of benzene rings is 3. The van der Waals surface area contributed by atoms with Gasteiger partial charge in [0.25, 0.3) is 5.91 Å². The van der Waals surface area contributed by atoms with Crippen molar-refractivity contribution in [2.45, 2.75) is 26.9 Å². The zero-order valence-electron chi connectivity index (χ0n) is 20.2. The zero-order chi connectivity index (χ0) is 24.6. The van der Waals surface area contributed by atoms with Crippen molar-refractivity contribution in [1.82, 2.24) is 14.8 Å². The standard InChI is InChI=1S/C28H29N5O2/c1-20-4-8-23(9-5-20)18-29-27-31-28(30-19-24-10-6-21(2)7-11-24)33(32-27)26(34)17-14-22-12-15-25(35-3)16-13-22/h4-17H,18-19H2,1-3H3,(H2,29,30,31,32)/b17-14+. The van der Waals surface area contributed by atoms with E-state index in [1.165, 1.54) is 21.9 Å². The molecule has 0 aliphatic carbocycles. The van der Waals surface area contributed by atoms with Crippen LogP contribution in [0.25, 0.3) is 6.08 Å². The van der Waals surface area contributed by atoms with E-state index in [-0.39, 0.29) is 5.91 Å². The fourth-order valence-electron chi connectivity index (χ4n) is 3.38. The van der Waals surface area contributed by atoms with Crippen LogP contribution in [0.5, 0.6) is 5.75 Å². The second-order valence-corrected chi connectivity index (χ2v) is 8.29. The summed E-state index contributed by atoms with van der Waals surface area (Å²) in [5, 5.41) is 10.9. The molecule has 4 rings (SSSR count). The molecule has 0 saturated heterocycles. The van der Waals surface area contributed by atoms with E-state index in [0.717, 1.165) is 22.4 Å². The van der Waals surface area contributed by atoms with Crippen molar-refractivity contribution in [2.24, 2.45) is 0 Å². The van der Waals surface area contributed by atoms with Crippen LogP contribution in [0.2, 0.25) is 0 Å². The van der Waals surface area contributed by atoms with Crippen LogP contribution >= 0.6 is 0 Å². The van der Waals surface area contributed by atoms with Gasteiger partial charge in [-0.15, -0.1) is 5.10 Å². The Balaban J connectivity index is 1.51. The molecule has 0 aliphatic heterocycles. The molecule has 35 heavy (non-hydrogen) atoms. The quantitative estimate of drug-likeness (QED) is 0.317. The van der Waals surface area contributed by atoms with Gasteiger partial charge in [-0.2, -0.15) is 9.67 Å². The first kappa shape index (κ1) is 23.8. The van der Waals surface area contributed by atoms with Gasteiger partial charge in [0.2, 0.25) is 11.9 Å². The van der Waals surface area contributed by atoms with Crippen molar-refractivity contribution >= 4 is 23.9 Å². The van der Waals surface area contributed by atoms with Crippen LogP contribution in [0.15, 0.2) is 78.9 Å². The van der Waals surface area contributed by atoms with E-state index < -0.39 is 0 Å². The van der Waals surface area contributed by atoms with Gasteiger partial charge in [0.15, 0.2) is 0 Å². The first-order valence-corrected chi connectivity index (χ1v) is 11.4. The minimum atomic E-state index is -0.303. The zero-order valence-corrected chi connectivity index (χ0v) is 20.2. The summed E-state index contributed by atoms with van der Waals surface area (Å²) in [5.41, 5.74) is 5.46. The van der Waals surface area contributed by atoms with Crippen LogP contribution in [0.1, 0.15) is 32.6 Å². The number of carbonyl (C=O) groups is 1. The number of hydrogen-bond acceptors (Lipinski definition) is 6. The molecular weight excluding hydrogens is 438 g/mol. The van der Waals surface area contributed by atoms with E-state index in [2.05, 4.69) is 64.0 Å². The van der Waals surface area contributed by atoms with E-state index in [1.54, 1.807) is 13.2 Å². The molecule has 0 aliphatic rings. The lowest BCUT2D eigenvalue weighted by Gasteiger charge is -2.06. The molecule has 3 aromatic carbocycles. The maximum Gasteiger partial charge on any atom is 0.274 e. The average Bonchev–Trinajstić information content (AvgIpc) is 3.30. The number of anilines is 2. The van der Waals surface area contributed by atoms with E-state index in [4.69, 9.17) is 4.74 Å². The van der Waals surface area contributed by atoms with Crippen LogP contribution < -0.4 is 15.4 Å². The Morgan fingerprint density at radius 3 is 2.00 bits per heavy atom. The molecule has 0 bridgehead atoms. The van der Waals surface area contributed by atoms with Gasteiger partial charge in [0.1, 0.15) is 5.75 Å². The normalized spacial score (nSPS) is 10.9. The van der Waals surface area contributed by atoms with Gasteiger partial charge in [-0.1, -0.05) is 71.8 Å². The third kappa shape index (κ3) is 6.57. The summed E-state index contributed by atoms with van der Waals surface area (Å²) in [6.45, 7) is 5.18. The Kier molecular flexibility index (Phi) is 7.57. The number of nitrogens with one attached hydrogen (secondary N) is 2. The second-order valence-electron chi connectivity index (χ2n) is 8.29. The second kappa shape index (κ2) is 11.2. The minimum absolute atomic E-state index is 0.303. The molecule has 7 heteroatoms. The molecule has 0 radical (unpaired) electrons. The Morgan fingerprint density at radius 1 is 0.857 bits per heavy atom. The largest absolute Gasteiger partial charge is 0.497 e. The Morgan fingerprint density at radius 2 is 1.43 bits per heavy atom. The van der Waals surface area contributed by atoms with Gasteiger partial charge in [-0.3, -0.25) is 4.79 Å². The van der Waals surface area contributed by atoms with E-state index in [9.17, 15) is 4.79 Å². The highest BCUT2D eigenvalue weighted by Crippen LogP contribution is 2.15. The number of rotatable bonds is 9. The van der Waals surface area contributed by atoms with Gasteiger partial charge < -0.3 is 15.4 Å². The number of aromatic nitrogens is 3. The number of allylic oxidation sites excluding steroid dienone is 1. The van der Waals surface area contributed by atoms with E-state index in [1.807, 2.05) is 43.3 Å². The topological polar surface area (TPSA) is 81.1 Å². The number of methoxy groups -OCH3 is 1. The molecule has 7 nitrogen and oxygen atoms in total. The fourth-order valence-corrected chi connectivity index (χ4v) is 3.38. The highest BCUT2D eigenvalue weighted by Gasteiger charge is 2.14. The predicted octanol–water partition coefficient (Wildman–Crippen LogP) is 5.48. The summed E-state index contributed by atoms with van der Waals surface area (Å²) in [6.07, 6.45) is 3.23. The lowest BCUT2D eigenvalue weighted by atomic mass is 10.1. The maximum atomic E-state index is 13.0. The number of hydrogen-bond donors (Lipinski definition) is 2. The third-order valence-corrected chi connectivity index (χ3v) is 5.49. The van der Waals surface area contributed by atoms with E-state index in [0.29, 0.717) is 25.0 Å². The molecule has 4 aromatic rings. The predicted molar refractivity (Wildman–Crippen MR) is 140 cm³/mol. The molecule has 1 aromatic heterocycles. The van der Waals surface area contributed by atoms with Crippen molar-refractivity contribution in [3.63, 3.8) is 0 Å². The summed E-state index contributed by atoms with van der Waals surface area (Å²) in [7, 11) is 1.62. The highest BCUT2D eigenvalue weighted by atomic mass is 16.5. The summed E-state index contributed by atoms with van der Waals surface area (Å²) < 4.78 is 6.47. The molecule has 0 saturated carbocycles. The van der Waals surface area contributed by atoms with Gasteiger partial charge in [0.05, 0.1) is 7.11 Å². The maximum absolute atomic E-state index is 13.0. The van der Waals surface area contributed by atoms with Gasteiger partial charge in [-0.05, 0) is 48.7 Å². The van der Waals surface area contributed by atoms with Crippen molar-refractivity contribution in [2.75, 3.05) is 17.7 Å². The molecule has 0 amide bonds. The summed E-state index contributed by atoms with van der Waals surface area (Å²) in [4.78, 5) is 17.6. The smallest absolute Gasteiger partial charge is 0.274 e. The SMILES string of the molecule is COc1ccc(/C=C/C(=O)n2nc(NCc3ccc(C)cc3)nc2NCc2ccc(C)cc2)cc1. The lowest BCUT2D eigenvalue weighted by Crippen LogP contribution is -2.14. The number of carbonyl (C=O) groups excluding carboxylic acids is 1. The van der Waals surface area contributed by atoms with Crippen LogP contribution in [-0.2, 0) is 13.1 Å². The molecule has 0 fully saturated rings. The average molecular weight is 468 g/mol. The van der Waals surface area contributed by atoms with Crippen molar-refractivity contribution < 1.29 is 9.53 Å². The molecule has 0 spiro atoms. The Labute approximate surface area is 205 Å². The first-order valence-electron chi connectivity index (χ1n) is 11.4. The van der Waals surface area contributed by atoms with Gasteiger partial charge >= 0.3 is 0 Å². The molecule has 2 N–H and O–H groups in total. The molecule has 0 atom stereocenters. The van der Waals surface area contributed by atoms with Crippen LogP contribution in [0.4, 0.5) is 11.9 Å². The molecule has 0 unspecified atom stereocenters. The van der Waals surface area contributed by atoms with Crippen molar-refractivity contribution in [1.29, 1.82) is 0 Å². The molecular formula is C28H29N5O2. The fraction of sp³-hybridized carbons (Fsp3) is 0.179. The van der Waals surface area contributed by atoms with Gasteiger partial charge in [-0.25, -0.2) is 0 Å². The Bertz CT molecular complexity index is 1290. The first-order chi connectivity index (χ1) is 17.0.